The van der Waals surface area contributed by atoms with E-state index in [1.165, 1.54) is 12.3 Å². The molecule has 1 rings (SSSR count). The highest BCUT2D eigenvalue weighted by atomic mass is 32.2. The highest BCUT2D eigenvalue weighted by Gasteiger charge is 2.12. The third-order valence-corrected chi connectivity index (χ3v) is 4.13. The summed E-state index contributed by atoms with van der Waals surface area (Å²) in [6.07, 6.45) is 0.888. The number of hydrogen-bond acceptors (Lipinski definition) is 4. The molecule has 0 saturated carbocycles. The molecule has 0 aliphatic rings. The third-order valence-electron chi connectivity index (χ3n) is 3.21. The zero-order valence-electron chi connectivity index (χ0n) is 12.1. The molecule has 0 spiro atoms. The van der Waals surface area contributed by atoms with E-state index >= 15 is 0 Å². The number of halogens is 1. The van der Waals surface area contributed by atoms with Gasteiger partial charge >= 0.3 is 0 Å². The second kappa shape index (κ2) is 7.15. The van der Waals surface area contributed by atoms with Gasteiger partial charge in [0.1, 0.15) is 15.7 Å². The number of aliphatic hydroxyl groups is 1. The van der Waals surface area contributed by atoms with Crippen LogP contribution in [0.25, 0.3) is 0 Å². The summed E-state index contributed by atoms with van der Waals surface area (Å²) in [5.74, 6) is -0.231. The van der Waals surface area contributed by atoms with Crippen LogP contribution in [0.15, 0.2) is 18.2 Å². The van der Waals surface area contributed by atoms with Gasteiger partial charge in [0.05, 0.1) is 11.9 Å². The van der Waals surface area contributed by atoms with Crippen molar-refractivity contribution in [1.29, 1.82) is 0 Å². The molecule has 0 saturated heterocycles. The van der Waals surface area contributed by atoms with E-state index in [2.05, 4.69) is 0 Å². The monoisotopic (exact) mass is 303 g/mol. The highest BCUT2D eigenvalue weighted by Crippen LogP contribution is 2.19. The van der Waals surface area contributed by atoms with E-state index in [0.29, 0.717) is 30.6 Å². The highest BCUT2D eigenvalue weighted by molar-refractivity contribution is 7.90. The Kier molecular flexibility index (Phi) is 6.10. The number of aryl methyl sites for hydroxylation is 1. The molecule has 0 aliphatic carbocycles. The number of sulfone groups is 1. The minimum absolute atomic E-state index is 0.0960. The largest absolute Gasteiger partial charge is 0.388 e. The van der Waals surface area contributed by atoms with E-state index in [1.807, 2.05) is 4.90 Å². The van der Waals surface area contributed by atoms with Crippen LogP contribution in [0.3, 0.4) is 0 Å². The van der Waals surface area contributed by atoms with Gasteiger partial charge < -0.3 is 10.0 Å². The summed E-state index contributed by atoms with van der Waals surface area (Å²) < 4.78 is 35.5. The van der Waals surface area contributed by atoms with Crippen LogP contribution >= 0.6 is 0 Å². The van der Waals surface area contributed by atoms with E-state index in [1.54, 1.807) is 26.1 Å². The summed E-state index contributed by atoms with van der Waals surface area (Å²) in [5.41, 5.74) is 1.09. The molecule has 0 aromatic heterocycles. The van der Waals surface area contributed by atoms with E-state index < -0.39 is 15.9 Å². The van der Waals surface area contributed by atoms with Crippen molar-refractivity contribution in [3.63, 3.8) is 0 Å². The van der Waals surface area contributed by atoms with Crippen LogP contribution in [0.4, 0.5) is 4.39 Å². The summed E-state index contributed by atoms with van der Waals surface area (Å²) in [6, 6.07) is 4.69. The molecule has 1 unspecified atom stereocenters. The second-order valence-electron chi connectivity index (χ2n) is 5.25. The lowest BCUT2D eigenvalue weighted by atomic mass is 10.0. The minimum atomic E-state index is -2.97. The van der Waals surface area contributed by atoms with Crippen molar-refractivity contribution < 1.29 is 17.9 Å². The standard InChI is InChI=1S/C14H22FNO3S/c1-11-4-5-12(10-13(11)15)14(17)6-7-16(2)8-9-20(3,18)19/h4-5,10,14,17H,6-9H2,1-3H3. The van der Waals surface area contributed by atoms with Crippen LogP contribution in [-0.4, -0.2) is 50.6 Å². The number of benzene rings is 1. The fourth-order valence-corrected chi connectivity index (χ4v) is 2.40. The fraction of sp³-hybridized carbons (Fsp3) is 0.571. The summed E-state index contributed by atoms with van der Waals surface area (Å²) in [5, 5.41) is 10.0. The lowest BCUT2D eigenvalue weighted by Crippen LogP contribution is -2.27. The fourth-order valence-electron chi connectivity index (χ4n) is 1.76. The van der Waals surface area contributed by atoms with Gasteiger partial charge in [-0.3, -0.25) is 0 Å². The van der Waals surface area contributed by atoms with Gasteiger partial charge in [-0.15, -0.1) is 0 Å². The van der Waals surface area contributed by atoms with Crippen molar-refractivity contribution in [3.8, 4) is 0 Å². The number of hydrogen-bond donors (Lipinski definition) is 1. The molecular weight excluding hydrogens is 281 g/mol. The van der Waals surface area contributed by atoms with Gasteiger partial charge in [0.2, 0.25) is 0 Å². The van der Waals surface area contributed by atoms with Crippen LogP contribution < -0.4 is 0 Å². The van der Waals surface area contributed by atoms with Crippen molar-refractivity contribution in [1.82, 2.24) is 4.90 Å². The summed E-state index contributed by atoms with van der Waals surface area (Å²) in [7, 11) is -1.17. The van der Waals surface area contributed by atoms with Gasteiger partial charge in [-0.1, -0.05) is 12.1 Å². The van der Waals surface area contributed by atoms with Crippen molar-refractivity contribution >= 4 is 9.84 Å². The van der Waals surface area contributed by atoms with Gasteiger partial charge in [0.25, 0.3) is 0 Å². The summed E-state index contributed by atoms with van der Waals surface area (Å²) in [4.78, 5) is 1.84. The lowest BCUT2D eigenvalue weighted by molar-refractivity contribution is 0.150. The average Bonchev–Trinajstić information content (AvgIpc) is 2.36. The van der Waals surface area contributed by atoms with Crippen LogP contribution in [0, 0.1) is 12.7 Å². The molecule has 1 N–H and O–H groups in total. The van der Waals surface area contributed by atoms with Gasteiger partial charge in [0.15, 0.2) is 0 Å². The van der Waals surface area contributed by atoms with Crippen molar-refractivity contribution in [2.45, 2.75) is 19.4 Å². The number of aliphatic hydroxyl groups excluding tert-OH is 1. The van der Waals surface area contributed by atoms with Crippen LogP contribution in [0.2, 0.25) is 0 Å². The van der Waals surface area contributed by atoms with Crippen molar-refractivity contribution in [2.24, 2.45) is 0 Å². The Labute approximate surface area is 120 Å². The van der Waals surface area contributed by atoms with Crippen molar-refractivity contribution in [2.75, 3.05) is 32.1 Å². The van der Waals surface area contributed by atoms with E-state index in [4.69, 9.17) is 0 Å². The molecule has 4 nitrogen and oxygen atoms in total. The van der Waals surface area contributed by atoms with Gasteiger partial charge in [-0.25, -0.2) is 12.8 Å². The first-order chi connectivity index (χ1) is 9.19. The van der Waals surface area contributed by atoms with Gasteiger partial charge in [-0.2, -0.15) is 0 Å². The maximum absolute atomic E-state index is 13.4. The SMILES string of the molecule is Cc1ccc(C(O)CCN(C)CCS(C)(=O)=O)cc1F. The molecule has 20 heavy (non-hydrogen) atoms. The molecule has 0 radical (unpaired) electrons. The third kappa shape index (κ3) is 5.98. The first kappa shape index (κ1) is 17.1. The Morgan fingerprint density at radius 1 is 1.35 bits per heavy atom. The molecule has 1 aromatic rings. The Hall–Kier alpha value is -0.980. The Morgan fingerprint density at radius 3 is 2.55 bits per heavy atom. The molecule has 6 heteroatoms. The summed E-state index contributed by atoms with van der Waals surface area (Å²) in [6.45, 7) is 2.64. The van der Waals surface area contributed by atoms with Gasteiger partial charge in [-0.05, 0) is 37.6 Å². The van der Waals surface area contributed by atoms with E-state index in [9.17, 15) is 17.9 Å². The quantitative estimate of drug-likeness (QED) is 0.830. The molecule has 0 heterocycles. The van der Waals surface area contributed by atoms with Crippen LogP contribution in [0.1, 0.15) is 23.7 Å². The van der Waals surface area contributed by atoms with E-state index in [0.717, 1.165) is 0 Å². The number of rotatable bonds is 7. The Morgan fingerprint density at radius 2 is 2.00 bits per heavy atom. The minimum Gasteiger partial charge on any atom is -0.388 e. The summed E-state index contributed by atoms with van der Waals surface area (Å²) >= 11 is 0. The predicted molar refractivity (Wildman–Crippen MR) is 77.9 cm³/mol. The van der Waals surface area contributed by atoms with Crippen molar-refractivity contribution in [3.05, 3.63) is 35.1 Å². The topological polar surface area (TPSA) is 57.6 Å². The molecule has 114 valence electrons. The smallest absolute Gasteiger partial charge is 0.148 e. The maximum Gasteiger partial charge on any atom is 0.148 e. The Balaban J connectivity index is 2.46. The second-order valence-corrected chi connectivity index (χ2v) is 7.51. The predicted octanol–water partition coefficient (Wildman–Crippen LogP) is 1.53. The first-order valence-corrected chi connectivity index (χ1v) is 8.55. The maximum atomic E-state index is 13.4. The zero-order chi connectivity index (χ0) is 15.3. The Bertz CT molecular complexity index is 545. The number of nitrogens with zero attached hydrogens (tertiary/aromatic N) is 1. The zero-order valence-corrected chi connectivity index (χ0v) is 13.0. The molecule has 0 fully saturated rings. The molecule has 0 aliphatic heterocycles. The molecular formula is C14H22FNO3S. The first-order valence-electron chi connectivity index (χ1n) is 6.49. The average molecular weight is 303 g/mol. The van der Waals surface area contributed by atoms with Gasteiger partial charge in [0, 0.05) is 19.3 Å². The molecule has 1 aromatic carbocycles. The lowest BCUT2D eigenvalue weighted by Gasteiger charge is -2.18. The molecule has 1 atom stereocenters. The van der Waals surface area contributed by atoms with E-state index in [-0.39, 0.29) is 11.6 Å². The molecule has 0 amide bonds. The molecule has 0 bridgehead atoms. The van der Waals surface area contributed by atoms with Crippen LogP contribution in [0.5, 0.6) is 0 Å². The normalized spacial score (nSPS) is 13.7. The van der Waals surface area contributed by atoms with Crippen LogP contribution in [-0.2, 0) is 9.84 Å².